The molecule has 0 saturated carbocycles. The van der Waals surface area contributed by atoms with Gasteiger partial charge in [0, 0.05) is 25.5 Å². The molecule has 2 aromatic rings. The van der Waals surface area contributed by atoms with Gasteiger partial charge in [-0.25, -0.2) is 0 Å². The number of amides is 1. The van der Waals surface area contributed by atoms with Gasteiger partial charge in [-0.15, -0.1) is 0 Å². The Morgan fingerprint density at radius 1 is 1.11 bits per heavy atom. The third-order valence-electron chi connectivity index (χ3n) is 3.97. The lowest BCUT2D eigenvalue weighted by Gasteiger charge is -2.25. The van der Waals surface area contributed by atoms with Crippen LogP contribution in [0.5, 0.6) is 11.5 Å². The minimum atomic E-state index is -0.457. The first-order valence-electron chi connectivity index (χ1n) is 8.55. The zero-order valence-corrected chi connectivity index (χ0v) is 15.8. The first kappa shape index (κ1) is 20.2. The van der Waals surface area contributed by atoms with Gasteiger partial charge < -0.3 is 19.1 Å². The lowest BCUT2D eigenvalue weighted by atomic mass is 10.1. The maximum Gasteiger partial charge on any atom is 0.310 e. The number of hydrogen-bond acceptors (Lipinski definition) is 6. The van der Waals surface area contributed by atoms with E-state index in [9.17, 15) is 9.59 Å². The Kier molecular flexibility index (Phi) is 7.61. The fourth-order valence-corrected chi connectivity index (χ4v) is 2.54. The molecule has 1 atom stereocenters. The van der Waals surface area contributed by atoms with E-state index in [-0.39, 0.29) is 25.0 Å². The molecule has 1 aromatic heterocycles. The van der Waals surface area contributed by atoms with Crippen molar-refractivity contribution < 1.29 is 23.8 Å². The molecule has 7 nitrogen and oxygen atoms in total. The number of carbonyl (C=O) groups is 2. The van der Waals surface area contributed by atoms with Gasteiger partial charge in [0.2, 0.25) is 0 Å². The largest absolute Gasteiger partial charge is 0.493 e. The standard InChI is InChI=1S/C20H24N2O5/c1-15(20(24)26-3)12-22(13-16-7-6-10-21-11-16)19(23)14-27-18-9-5-4-8-17(18)25-2/h4-11,15H,12-14H2,1-3H3. The predicted molar refractivity (Wildman–Crippen MR) is 99.3 cm³/mol. The van der Waals surface area contributed by atoms with Crippen LogP contribution in [0.25, 0.3) is 0 Å². The molecular weight excluding hydrogens is 348 g/mol. The third kappa shape index (κ3) is 5.99. The molecule has 0 radical (unpaired) electrons. The van der Waals surface area contributed by atoms with Crippen LogP contribution in [0.15, 0.2) is 48.8 Å². The molecule has 1 heterocycles. The van der Waals surface area contributed by atoms with Crippen LogP contribution >= 0.6 is 0 Å². The number of esters is 1. The average molecular weight is 372 g/mol. The molecule has 1 amide bonds. The highest BCUT2D eigenvalue weighted by Gasteiger charge is 2.22. The summed E-state index contributed by atoms with van der Waals surface area (Å²) in [6.45, 7) is 2.09. The second kappa shape index (κ2) is 10.2. The van der Waals surface area contributed by atoms with Gasteiger partial charge >= 0.3 is 5.97 Å². The molecule has 0 fully saturated rings. The SMILES string of the molecule is COC(=O)C(C)CN(Cc1cccnc1)C(=O)COc1ccccc1OC. The molecule has 27 heavy (non-hydrogen) atoms. The second-order valence-corrected chi connectivity index (χ2v) is 6.00. The van der Waals surface area contributed by atoms with Crippen LogP contribution in [-0.4, -0.2) is 49.1 Å². The fourth-order valence-electron chi connectivity index (χ4n) is 2.54. The summed E-state index contributed by atoms with van der Waals surface area (Å²) in [6, 6.07) is 10.8. The Morgan fingerprint density at radius 2 is 1.85 bits per heavy atom. The fraction of sp³-hybridized carbons (Fsp3) is 0.350. The number of pyridine rings is 1. The van der Waals surface area contributed by atoms with Gasteiger partial charge in [0.05, 0.1) is 20.1 Å². The van der Waals surface area contributed by atoms with Crippen molar-refractivity contribution in [2.24, 2.45) is 5.92 Å². The van der Waals surface area contributed by atoms with Gasteiger partial charge in [-0.1, -0.05) is 25.1 Å². The molecule has 1 aromatic carbocycles. The van der Waals surface area contributed by atoms with E-state index in [1.165, 1.54) is 14.2 Å². The van der Waals surface area contributed by atoms with E-state index in [1.807, 2.05) is 12.1 Å². The van der Waals surface area contributed by atoms with Crippen LogP contribution in [-0.2, 0) is 20.9 Å². The maximum atomic E-state index is 12.8. The summed E-state index contributed by atoms with van der Waals surface area (Å²) in [5.41, 5.74) is 0.861. The van der Waals surface area contributed by atoms with Crippen molar-refractivity contribution >= 4 is 11.9 Å². The predicted octanol–water partition coefficient (Wildman–Crippen LogP) is 2.31. The number of methoxy groups -OCH3 is 2. The zero-order valence-electron chi connectivity index (χ0n) is 15.8. The van der Waals surface area contributed by atoms with E-state index in [4.69, 9.17) is 14.2 Å². The monoisotopic (exact) mass is 372 g/mol. The number of carbonyl (C=O) groups excluding carboxylic acids is 2. The van der Waals surface area contributed by atoms with Crippen LogP contribution in [0.1, 0.15) is 12.5 Å². The van der Waals surface area contributed by atoms with Gasteiger partial charge in [0.15, 0.2) is 18.1 Å². The van der Waals surface area contributed by atoms with E-state index in [1.54, 1.807) is 48.5 Å². The summed E-state index contributed by atoms with van der Waals surface area (Å²) in [6.07, 6.45) is 3.35. The molecular formula is C20H24N2O5. The lowest BCUT2D eigenvalue weighted by Crippen LogP contribution is -2.39. The van der Waals surface area contributed by atoms with Gasteiger partial charge in [-0.05, 0) is 23.8 Å². The third-order valence-corrected chi connectivity index (χ3v) is 3.97. The van der Waals surface area contributed by atoms with Gasteiger partial charge in [0.1, 0.15) is 0 Å². The highest BCUT2D eigenvalue weighted by Crippen LogP contribution is 2.25. The van der Waals surface area contributed by atoms with Crippen molar-refractivity contribution in [2.75, 3.05) is 27.4 Å². The van der Waals surface area contributed by atoms with Crippen LogP contribution < -0.4 is 9.47 Å². The number of ether oxygens (including phenoxy) is 3. The molecule has 1 unspecified atom stereocenters. The molecule has 0 N–H and O–H groups in total. The van der Waals surface area contributed by atoms with E-state index < -0.39 is 5.92 Å². The van der Waals surface area contributed by atoms with Crippen LogP contribution in [0.4, 0.5) is 0 Å². The molecule has 0 aliphatic carbocycles. The van der Waals surface area contributed by atoms with Crippen molar-refractivity contribution in [3.8, 4) is 11.5 Å². The van der Waals surface area contributed by atoms with Crippen molar-refractivity contribution in [3.63, 3.8) is 0 Å². The van der Waals surface area contributed by atoms with Crippen molar-refractivity contribution in [1.29, 1.82) is 0 Å². The molecule has 144 valence electrons. The van der Waals surface area contributed by atoms with Crippen molar-refractivity contribution in [1.82, 2.24) is 9.88 Å². The van der Waals surface area contributed by atoms with Crippen molar-refractivity contribution in [3.05, 3.63) is 54.4 Å². The van der Waals surface area contributed by atoms with Crippen LogP contribution in [0.2, 0.25) is 0 Å². The number of para-hydroxylation sites is 2. The highest BCUT2D eigenvalue weighted by molar-refractivity contribution is 5.79. The molecule has 2 rings (SSSR count). The van der Waals surface area contributed by atoms with Gasteiger partial charge in [-0.3, -0.25) is 14.6 Å². The molecule has 0 aliphatic rings. The number of hydrogen-bond donors (Lipinski definition) is 0. The van der Waals surface area contributed by atoms with E-state index in [0.29, 0.717) is 18.0 Å². The van der Waals surface area contributed by atoms with Gasteiger partial charge in [0.25, 0.3) is 5.91 Å². The Balaban J connectivity index is 2.08. The maximum absolute atomic E-state index is 12.8. The Labute approximate surface area is 158 Å². The smallest absolute Gasteiger partial charge is 0.310 e. The summed E-state index contributed by atoms with van der Waals surface area (Å²) in [5.74, 6) is -0.0465. The minimum absolute atomic E-state index is 0.172. The summed E-state index contributed by atoms with van der Waals surface area (Å²) in [4.78, 5) is 30.1. The normalized spacial score (nSPS) is 11.4. The molecule has 7 heteroatoms. The number of rotatable bonds is 9. The Morgan fingerprint density at radius 3 is 2.48 bits per heavy atom. The van der Waals surface area contributed by atoms with E-state index in [2.05, 4.69) is 4.98 Å². The summed E-state index contributed by atoms with van der Waals surface area (Å²) in [7, 11) is 2.87. The first-order valence-corrected chi connectivity index (χ1v) is 8.55. The molecule has 0 bridgehead atoms. The zero-order chi connectivity index (χ0) is 19.6. The van der Waals surface area contributed by atoms with E-state index >= 15 is 0 Å². The first-order chi connectivity index (χ1) is 13.0. The van der Waals surface area contributed by atoms with Gasteiger partial charge in [-0.2, -0.15) is 0 Å². The summed E-state index contributed by atoms with van der Waals surface area (Å²) < 4.78 is 15.6. The van der Waals surface area contributed by atoms with Crippen molar-refractivity contribution in [2.45, 2.75) is 13.5 Å². The lowest BCUT2D eigenvalue weighted by molar-refractivity contribution is -0.147. The number of aromatic nitrogens is 1. The quantitative estimate of drug-likeness (QED) is 0.629. The summed E-state index contributed by atoms with van der Waals surface area (Å²) in [5, 5.41) is 0. The highest BCUT2D eigenvalue weighted by atomic mass is 16.5. The minimum Gasteiger partial charge on any atom is -0.493 e. The topological polar surface area (TPSA) is 78.0 Å². The molecule has 0 saturated heterocycles. The average Bonchev–Trinajstić information content (AvgIpc) is 2.71. The summed E-state index contributed by atoms with van der Waals surface area (Å²) >= 11 is 0. The second-order valence-electron chi connectivity index (χ2n) is 6.00. The van der Waals surface area contributed by atoms with Crippen LogP contribution in [0.3, 0.4) is 0 Å². The number of benzene rings is 1. The Hall–Kier alpha value is -3.09. The molecule has 0 aliphatic heterocycles. The van der Waals surface area contributed by atoms with E-state index in [0.717, 1.165) is 5.56 Å². The Bertz CT molecular complexity index is 751. The van der Waals surface area contributed by atoms with Crippen LogP contribution in [0, 0.1) is 5.92 Å². The number of nitrogens with zero attached hydrogens (tertiary/aromatic N) is 2. The molecule has 0 spiro atoms.